The van der Waals surface area contributed by atoms with Gasteiger partial charge in [0, 0.05) is 43.9 Å². The number of aliphatic hydroxyl groups excluding tert-OH is 3. The number of rotatable bonds is 39. The third kappa shape index (κ3) is 30.4. The summed E-state index contributed by atoms with van der Waals surface area (Å²) in [7, 11) is -4.84. The quantitative estimate of drug-likeness (QED) is 0.0170. The van der Waals surface area contributed by atoms with Gasteiger partial charge in [0.25, 0.3) is 0 Å². The maximum Gasteiger partial charge on any atom is 0.469 e. The zero-order valence-corrected chi connectivity index (χ0v) is 37.2. The van der Waals surface area contributed by atoms with Crippen LogP contribution in [0.25, 0.3) is 0 Å². The van der Waals surface area contributed by atoms with Gasteiger partial charge in [0.15, 0.2) is 6.10 Å². The first-order valence-corrected chi connectivity index (χ1v) is 24.7. The number of unbranched alkanes of at least 4 members (excludes halogenated alkanes) is 21. The van der Waals surface area contributed by atoms with Gasteiger partial charge in [-0.15, -0.1) is 0 Å². The van der Waals surface area contributed by atoms with E-state index in [0.717, 1.165) is 38.5 Å². The van der Waals surface area contributed by atoms with Gasteiger partial charge in [0.05, 0.1) is 24.9 Å². The van der Waals surface area contributed by atoms with Crippen molar-refractivity contribution in [2.75, 3.05) is 13.2 Å². The van der Waals surface area contributed by atoms with Crippen molar-refractivity contribution in [3.8, 4) is 0 Å². The molecule has 0 aromatic heterocycles. The monoisotopic (exact) mass is 847 g/mol. The lowest BCUT2D eigenvalue weighted by Gasteiger charge is -2.20. The van der Waals surface area contributed by atoms with E-state index in [2.05, 4.69) is 18.4 Å². The summed E-state index contributed by atoms with van der Waals surface area (Å²) in [6.07, 6.45) is 28.5. The van der Waals surface area contributed by atoms with E-state index in [-0.39, 0.29) is 37.9 Å². The number of hydrogen-bond acceptors (Lipinski definition) is 10. The van der Waals surface area contributed by atoms with E-state index in [0.29, 0.717) is 25.7 Å². The molecule has 5 N–H and O–H groups in total. The molecule has 1 saturated carbocycles. The first-order valence-electron chi connectivity index (χ1n) is 23.2. The van der Waals surface area contributed by atoms with Crippen LogP contribution in [0.5, 0.6) is 0 Å². The van der Waals surface area contributed by atoms with Crippen LogP contribution in [0.2, 0.25) is 0 Å². The number of esters is 2. The Morgan fingerprint density at radius 1 is 0.638 bits per heavy atom. The van der Waals surface area contributed by atoms with E-state index in [4.69, 9.17) is 19.3 Å². The second-order valence-electron chi connectivity index (χ2n) is 16.7. The van der Waals surface area contributed by atoms with E-state index < -0.39 is 69.2 Å². The van der Waals surface area contributed by atoms with Gasteiger partial charge in [-0.2, -0.15) is 0 Å². The predicted molar refractivity (Wildman–Crippen MR) is 228 cm³/mol. The highest BCUT2D eigenvalue weighted by molar-refractivity contribution is 7.46. The van der Waals surface area contributed by atoms with Crippen LogP contribution in [0.3, 0.4) is 0 Å². The Hall–Kier alpha value is -1.66. The summed E-state index contributed by atoms with van der Waals surface area (Å²) in [6.45, 7) is 3.29. The molecule has 0 bridgehead atoms. The van der Waals surface area contributed by atoms with Gasteiger partial charge in [-0.05, 0) is 25.7 Å². The zero-order valence-electron chi connectivity index (χ0n) is 36.3. The molecule has 58 heavy (non-hydrogen) atoms. The van der Waals surface area contributed by atoms with E-state index in [1.54, 1.807) is 12.2 Å². The van der Waals surface area contributed by atoms with Crippen molar-refractivity contribution >= 4 is 25.5 Å². The Morgan fingerprint density at radius 3 is 1.64 bits per heavy atom. The van der Waals surface area contributed by atoms with Crippen molar-refractivity contribution in [2.45, 2.75) is 231 Å². The molecule has 0 aliphatic heterocycles. The molecule has 340 valence electrons. The minimum atomic E-state index is -4.84. The van der Waals surface area contributed by atoms with Gasteiger partial charge in [-0.1, -0.05) is 161 Å². The molecule has 1 aliphatic carbocycles. The minimum absolute atomic E-state index is 0.0152. The third-order valence-corrected chi connectivity index (χ3v) is 11.8. The third-order valence-electron chi connectivity index (χ3n) is 11.3. The molecule has 1 aliphatic rings. The molecule has 0 amide bonds. The minimum Gasteiger partial charge on any atom is -0.462 e. The molecule has 12 nitrogen and oxygen atoms in total. The first-order chi connectivity index (χ1) is 27.9. The number of Topliss-reactive ketones (excluding diaryl/α,β-unsaturated/α-hetero) is 1. The van der Waals surface area contributed by atoms with Crippen molar-refractivity contribution in [3.63, 3.8) is 0 Å². The Kier molecular flexibility index (Phi) is 32.8. The second kappa shape index (κ2) is 35.0. The maximum atomic E-state index is 12.8. The molecular formula is C45H83O12P. The SMILES string of the molecule is CCCCCCCCCCCCCCCCCCCCCC(=O)O[C@H](COC(=O)CCCCC(=O)C[C@@H]1[C@@H](/C=C/[C@@H](O)CCCCC)[C@H](O)C[C@@H]1O)COP(=O)(O)O. The van der Waals surface area contributed by atoms with E-state index >= 15 is 0 Å². The number of ether oxygens (including phenoxy) is 2. The van der Waals surface area contributed by atoms with Gasteiger partial charge >= 0.3 is 19.8 Å². The fourth-order valence-electron chi connectivity index (χ4n) is 7.72. The van der Waals surface area contributed by atoms with Crippen molar-refractivity contribution in [1.29, 1.82) is 0 Å². The van der Waals surface area contributed by atoms with Crippen LogP contribution in [0.15, 0.2) is 12.2 Å². The summed E-state index contributed by atoms with van der Waals surface area (Å²) in [6, 6.07) is 0. The summed E-state index contributed by atoms with van der Waals surface area (Å²) in [5.74, 6) is -2.15. The van der Waals surface area contributed by atoms with Gasteiger partial charge in [-0.3, -0.25) is 18.9 Å². The van der Waals surface area contributed by atoms with Crippen molar-refractivity contribution < 1.29 is 58.1 Å². The number of phosphoric ester groups is 1. The van der Waals surface area contributed by atoms with Crippen LogP contribution in [0.4, 0.5) is 0 Å². The van der Waals surface area contributed by atoms with Gasteiger partial charge in [-0.25, -0.2) is 4.57 Å². The lowest BCUT2D eigenvalue weighted by molar-refractivity contribution is -0.161. The Morgan fingerprint density at radius 2 is 1.10 bits per heavy atom. The van der Waals surface area contributed by atoms with Crippen LogP contribution < -0.4 is 0 Å². The lowest BCUT2D eigenvalue weighted by atomic mass is 9.87. The fraction of sp³-hybridized carbons (Fsp3) is 0.889. The number of carbonyl (C=O) groups is 3. The van der Waals surface area contributed by atoms with Crippen molar-refractivity contribution in [1.82, 2.24) is 0 Å². The van der Waals surface area contributed by atoms with E-state index in [9.17, 15) is 34.3 Å². The first kappa shape index (κ1) is 54.4. The van der Waals surface area contributed by atoms with E-state index in [1.807, 2.05) is 0 Å². The summed E-state index contributed by atoms with van der Waals surface area (Å²) in [5.41, 5.74) is 0. The van der Waals surface area contributed by atoms with Crippen molar-refractivity contribution in [2.24, 2.45) is 11.8 Å². The molecule has 13 heteroatoms. The maximum absolute atomic E-state index is 12.8. The summed E-state index contributed by atoms with van der Waals surface area (Å²) in [5, 5.41) is 31.2. The van der Waals surface area contributed by atoms with Crippen LogP contribution in [-0.4, -0.2) is 80.5 Å². The summed E-state index contributed by atoms with van der Waals surface area (Å²) >= 11 is 0. The smallest absolute Gasteiger partial charge is 0.462 e. The summed E-state index contributed by atoms with van der Waals surface area (Å²) < 4.78 is 26.4. The number of hydrogen-bond donors (Lipinski definition) is 5. The standard InChI is InChI=1S/C45H83O12P/c1-3-5-7-8-9-10-11-12-13-14-15-16-17-18-19-20-21-22-24-30-45(51)57-39(36-56-58(52,53)54)35-55-44(50)29-26-25-28-38(47)33-41-40(42(48)34-43(41)49)32-31-37(46)27-23-6-4-2/h31-32,37,39-43,46,48-49H,3-30,33-36H2,1-2H3,(H2,52,53,54)/b32-31+/t37-,39+,40+,41+,42+,43-/m0/s1. The average molecular weight is 847 g/mol. The highest BCUT2D eigenvalue weighted by Crippen LogP contribution is 2.37. The Labute approximate surface area is 350 Å². The Bertz CT molecular complexity index is 1130. The molecule has 0 unspecified atom stereocenters. The highest BCUT2D eigenvalue weighted by atomic mass is 31.2. The highest BCUT2D eigenvalue weighted by Gasteiger charge is 2.41. The van der Waals surface area contributed by atoms with Gasteiger partial charge in [0.1, 0.15) is 12.4 Å². The largest absolute Gasteiger partial charge is 0.469 e. The molecular weight excluding hydrogens is 763 g/mol. The molecule has 0 aromatic carbocycles. The number of carbonyl (C=O) groups excluding carboxylic acids is 3. The predicted octanol–water partition coefficient (Wildman–Crippen LogP) is 9.75. The van der Waals surface area contributed by atoms with Gasteiger partial charge in [0.2, 0.25) is 0 Å². The van der Waals surface area contributed by atoms with Gasteiger partial charge < -0.3 is 34.6 Å². The number of ketones is 1. The second-order valence-corrected chi connectivity index (χ2v) is 17.9. The molecule has 1 fully saturated rings. The number of aliphatic hydroxyl groups is 3. The molecule has 0 radical (unpaired) electrons. The topological polar surface area (TPSA) is 197 Å². The lowest BCUT2D eigenvalue weighted by Crippen LogP contribution is -2.29. The van der Waals surface area contributed by atoms with Crippen LogP contribution in [-0.2, 0) is 32.9 Å². The summed E-state index contributed by atoms with van der Waals surface area (Å²) in [4.78, 5) is 55.9. The zero-order chi connectivity index (χ0) is 42.9. The number of phosphoric acid groups is 1. The molecule has 1 rings (SSSR count). The van der Waals surface area contributed by atoms with Crippen LogP contribution in [0.1, 0.15) is 206 Å². The average Bonchev–Trinajstić information content (AvgIpc) is 3.44. The Balaban J connectivity index is 2.23. The van der Waals surface area contributed by atoms with E-state index in [1.165, 1.54) is 96.3 Å². The van der Waals surface area contributed by atoms with Crippen LogP contribution in [0, 0.1) is 11.8 Å². The molecule has 0 spiro atoms. The normalized spacial score (nSPS) is 19.4. The molecule has 0 saturated heterocycles. The van der Waals surface area contributed by atoms with Crippen LogP contribution >= 0.6 is 7.82 Å². The fourth-order valence-corrected chi connectivity index (χ4v) is 8.08. The molecule has 6 atom stereocenters. The van der Waals surface area contributed by atoms with Crippen molar-refractivity contribution in [3.05, 3.63) is 12.2 Å². The molecule has 0 aromatic rings. The molecule has 0 heterocycles.